The van der Waals surface area contributed by atoms with Gasteiger partial charge in [-0.15, -0.1) is 0 Å². The van der Waals surface area contributed by atoms with Crippen LogP contribution >= 0.6 is 0 Å². The smallest absolute Gasteiger partial charge is 0.262 e. The Morgan fingerprint density at radius 1 is 1.14 bits per heavy atom. The van der Waals surface area contributed by atoms with Gasteiger partial charge in [-0.3, -0.25) is 4.79 Å². The first kappa shape index (κ1) is 19.0. The molecular weight excluding hydrogens is 352 g/mol. The van der Waals surface area contributed by atoms with Gasteiger partial charge in [-0.2, -0.15) is 0 Å². The average Bonchev–Trinajstić information content (AvgIpc) is 2.73. The van der Waals surface area contributed by atoms with Crippen LogP contribution < -0.4 is 10.1 Å². The normalized spacial score (nSPS) is 18.8. The van der Waals surface area contributed by atoms with Crippen LogP contribution in [0.4, 0.5) is 5.69 Å². The van der Waals surface area contributed by atoms with Crippen molar-refractivity contribution in [2.24, 2.45) is 5.92 Å². The summed E-state index contributed by atoms with van der Waals surface area (Å²) in [6.07, 6.45) is 3.79. The van der Waals surface area contributed by atoms with Gasteiger partial charge in [0.05, 0.1) is 11.8 Å². The zero-order valence-corrected chi connectivity index (χ0v) is 16.1. The number of carbonyl (C=O) groups is 1. The molecule has 0 saturated carbocycles. The predicted molar refractivity (Wildman–Crippen MR) is 109 cm³/mol. The Balaban J connectivity index is 1.23. The highest BCUT2D eigenvalue weighted by atomic mass is 16.5. The van der Waals surface area contributed by atoms with Gasteiger partial charge >= 0.3 is 0 Å². The Morgan fingerprint density at radius 2 is 1.93 bits per heavy atom. The number of hydrogen-bond acceptors (Lipinski definition) is 4. The SMILES string of the molecule is O=C1COc2cc(C(O)CCN3CCC(Cc4ccccc4)CC3)ccc2N1. The molecule has 1 saturated heterocycles. The zero-order chi connectivity index (χ0) is 19.3. The van der Waals surface area contributed by atoms with Crippen molar-refractivity contribution in [3.8, 4) is 5.75 Å². The van der Waals surface area contributed by atoms with Gasteiger partial charge in [0, 0.05) is 6.54 Å². The summed E-state index contributed by atoms with van der Waals surface area (Å²) < 4.78 is 5.45. The van der Waals surface area contributed by atoms with Gasteiger partial charge in [-0.1, -0.05) is 36.4 Å². The first-order chi connectivity index (χ1) is 13.7. The second kappa shape index (κ2) is 8.76. The van der Waals surface area contributed by atoms with E-state index in [-0.39, 0.29) is 12.5 Å². The Bertz CT molecular complexity index is 801. The molecule has 5 nitrogen and oxygen atoms in total. The highest BCUT2D eigenvalue weighted by Gasteiger charge is 2.21. The number of hydrogen-bond donors (Lipinski definition) is 2. The summed E-state index contributed by atoms with van der Waals surface area (Å²) in [5, 5.41) is 13.4. The van der Waals surface area contributed by atoms with Crippen LogP contribution in [0.15, 0.2) is 48.5 Å². The largest absolute Gasteiger partial charge is 0.482 e. The molecule has 5 heteroatoms. The van der Waals surface area contributed by atoms with Crippen LogP contribution in [0.3, 0.4) is 0 Å². The van der Waals surface area contributed by atoms with Crippen LogP contribution in [0.2, 0.25) is 0 Å². The Labute approximate surface area is 166 Å². The summed E-state index contributed by atoms with van der Waals surface area (Å²) in [5.41, 5.74) is 2.95. The number of anilines is 1. The van der Waals surface area contributed by atoms with E-state index >= 15 is 0 Å². The minimum Gasteiger partial charge on any atom is -0.482 e. The quantitative estimate of drug-likeness (QED) is 0.806. The number of rotatable bonds is 6. The molecule has 1 atom stereocenters. The first-order valence-corrected chi connectivity index (χ1v) is 10.2. The summed E-state index contributed by atoms with van der Waals surface area (Å²) >= 11 is 0. The first-order valence-electron chi connectivity index (χ1n) is 10.2. The topological polar surface area (TPSA) is 61.8 Å². The third-order valence-electron chi connectivity index (χ3n) is 5.82. The van der Waals surface area contributed by atoms with E-state index in [0.717, 1.165) is 31.1 Å². The number of fused-ring (bicyclic) bond motifs is 1. The summed E-state index contributed by atoms with van der Waals surface area (Å²) in [5.74, 6) is 1.26. The number of nitrogens with one attached hydrogen (secondary N) is 1. The number of ether oxygens (including phenoxy) is 1. The lowest BCUT2D eigenvalue weighted by atomic mass is 9.90. The average molecular weight is 380 g/mol. The molecule has 2 aromatic rings. The molecule has 2 aliphatic heterocycles. The maximum absolute atomic E-state index is 11.4. The predicted octanol–water partition coefficient (Wildman–Crippen LogP) is 3.40. The van der Waals surface area contributed by atoms with Crippen molar-refractivity contribution in [3.63, 3.8) is 0 Å². The van der Waals surface area contributed by atoms with E-state index in [1.54, 1.807) is 6.07 Å². The van der Waals surface area contributed by atoms with E-state index in [9.17, 15) is 9.90 Å². The molecule has 1 fully saturated rings. The molecule has 2 N–H and O–H groups in total. The number of benzene rings is 2. The van der Waals surface area contributed by atoms with Crippen molar-refractivity contribution in [2.75, 3.05) is 31.6 Å². The number of aliphatic hydroxyl groups excluding tert-OH is 1. The number of amides is 1. The highest BCUT2D eigenvalue weighted by molar-refractivity contribution is 5.95. The maximum Gasteiger partial charge on any atom is 0.262 e. The van der Waals surface area contributed by atoms with Gasteiger partial charge in [-0.25, -0.2) is 0 Å². The molecule has 2 heterocycles. The molecule has 0 spiro atoms. The lowest BCUT2D eigenvalue weighted by Crippen LogP contribution is -2.35. The fourth-order valence-electron chi connectivity index (χ4n) is 4.13. The van der Waals surface area contributed by atoms with Crippen LogP contribution in [0.25, 0.3) is 0 Å². The number of piperidine rings is 1. The fraction of sp³-hybridized carbons (Fsp3) is 0.435. The number of carbonyl (C=O) groups excluding carboxylic acids is 1. The van der Waals surface area contributed by atoms with E-state index in [2.05, 4.69) is 40.5 Å². The van der Waals surface area contributed by atoms with Crippen molar-refractivity contribution in [3.05, 3.63) is 59.7 Å². The highest BCUT2D eigenvalue weighted by Crippen LogP contribution is 2.32. The van der Waals surface area contributed by atoms with Gasteiger partial charge in [0.2, 0.25) is 0 Å². The molecule has 148 valence electrons. The molecule has 4 rings (SSSR count). The number of aliphatic hydroxyl groups is 1. The third-order valence-corrected chi connectivity index (χ3v) is 5.82. The van der Waals surface area contributed by atoms with Crippen LogP contribution in [0, 0.1) is 5.92 Å². The Morgan fingerprint density at radius 3 is 2.71 bits per heavy atom. The number of nitrogens with zero attached hydrogens (tertiary/aromatic N) is 1. The van der Waals surface area contributed by atoms with Gasteiger partial charge in [0.1, 0.15) is 5.75 Å². The standard InChI is InChI=1S/C23H28N2O3/c26-21(19-6-7-20-22(15-19)28-16-23(27)24-20)10-13-25-11-8-18(9-12-25)14-17-4-2-1-3-5-17/h1-7,15,18,21,26H,8-14,16H2,(H,24,27). The van der Waals surface area contributed by atoms with Crippen LogP contribution in [-0.4, -0.2) is 42.2 Å². The van der Waals surface area contributed by atoms with Gasteiger partial charge in [0.25, 0.3) is 5.91 Å². The third kappa shape index (κ3) is 4.72. The van der Waals surface area contributed by atoms with E-state index < -0.39 is 6.10 Å². The molecule has 0 radical (unpaired) electrons. The van der Waals surface area contributed by atoms with Crippen molar-refractivity contribution in [1.82, 2.24) is 4.90 Å². The molecule has 0 aromatic heterocycles. The van der Waals surface area contributed by atoms with E-state index in [0.29, 0.717) is 17.9 Å². The lowest BCUT2D eigenvalue weighted by Gasteiger charge is -2.32. The second-order valence-electron chi connectivity index (χ2n) is 7.87. The minimum absolute atomic E-state index is 0.0322. The molecule has 28 heavy (non-hydrogen) atoms. The van der Waals surface area contributed by atoms with Gasteiger partial charge < -0.3 is 20.1 Å². The van der Waals surface area contributed by atoms with Crippen LogP contribution in [0.1, 0.15) is 36.5 Å². The molecule has 1 unspecified atom stereocenters. The maximum atomic E-state index is 11.4. The van der Waals surface area contributed by atoms with Gasteiger partial charge in [-0.05, 0) is 68.0 Å². The van der Waals surface area contributed by atoms with Gasteiger partial charge in [0.15, 0.2) is 6.61 Å². The minimum atomic E-state index is -0.520. The summed E-state index contributed by atoms with van der Waals surface area (Å²) in [6.45, 7) is 3.13. The van der Waals surface area contributed by atoms with Crippen LogP contribution in [-0.2, 0) is 11.2 Å². The second-order valence-corrected chi connectivity index (χ2v) is 7.87. The zero-order valence-electron chi connectivity index (χ0n) is 16.1. The summed E-state index contributed by atoms with van der Waals surface area (Å²) in [6, 6.07) is 16.3. The van der Waals surface area contributed by atoms with E-state index in [4.69, 9.17) is 4.74 Å². The molecule has 1 amide bonds. The summed E-state index contributed by atoms with van der Waals surface area (Å²) in [7, 11) is 0. The molecule has 2 aliphatic rings. The van der Waals surface area contributed by atoms with Crippen molar-refractivity contribution in [1.29, 1.82) is 0 Å². The molecule has 2 aromatic carbocycles. The number of likely N-dealkylation sites (tertiary alicyclic amines) is 1. The van der Waals surface area contributed by atoms with Crippen molar-refractivity contribution < 1.29 is 14.6 Å². The Hall–Kier alpha value is -2.37. The molecule has 0 bridgehead atoms. The lowest BCUT2D eigenvalue weighted by molar-refractivity contribution is -0.118. The fourth-order valence-corrected chi connectivity index (χ4v) is 4.13. The monoisotopic (exact) mass is 380 g/mol. The Kier molecular flexibility index (Phi) is 5.93. The molecule has 0 aliphatic carbocycles. The van der Waals surface area contributed by atoms with E-state index in [1.165, 1.54) is 24.8 Å². The van der Waals surface area contributed by atoms with Crippen LogP contribution in [0.5, 0.6) is 5.75 Å². The van der Waals surface area contributed by atoms with Crippen molar-refractivity contribution in [2.45, 2.75) is 31.8 Å². The van der Waals surface area contributed by atoms with E-state index in [1.807, 2.05) is 12.1 Å². The van der Waals surface area contributed by atoms with Crippen molar-refractivity contribution >= 4 is 11.6 Å². The molecular formula is C23H28N2O3. The summed E-state index contributed by atoms with van der Waals surface area (Å²) in [4.78, 5) is 13.8.